The molecule has 1 aromatic rings. The number of carbonyl (C=O) groups excluding carboxylic acids is 1. The Hall–Kier alpha value is 0.480. The van der Waals surface area contributed by atoms with Crippen LogP contribution in [0.1, 0.15) is 42.5 Å². The van der Waals surface area contributed by atoms with Crippen molar-refractivity contribution in [3.05, 3.63) is 31.7 Å². The molecule has 1 aliphatic carbocycles. The van der Waals surface area contributed by atoms with E-state index in [-0.39, 0.29) is 31.4 Å². The van der Waals surface area contributed by atoms with E-state index >= 15 is 0 Å². The van der Waals surface area contributed by atoms with E-state index in [1.807, 2.05) is 0 Å². The monoisotopic (exact) mass is 356 g/mol. The van der Waals surface area contributed by atoms with Gasteiger partial charge in [-0.25, -0.2) is 0 Å². The number of hydrogen-bond donors (Lipinski definition) is 0. The van der Waals surface area contributed by atoms with Crippen LogP contribution in [0, 0.1) is 0 Å². The molecule has 0 spiro atoms. The van der Waals surface area contributed by atoms with Crippen LogP contribution in [0.4, 0.5) is 0 Å². The lowest BCUT2D eigenvalue weighted by Crippen LogP contribution is -2.34. The van der Waals surface area contributed by atoms with Crippen molar-refractivity contribution >= 4 is 61.4 Å². The van der Waals surface area contributed by atoms with Crippen molar-refractivity contribution in [3.63, 3.8) is 0 Å². The molecule has 0 amide bonds. The first-order chi connectivity index (χ1) is 8.87. The first kappa shape index (κ1) is 15.9. The average molecular weight is 358 g/mol. The first-order valence-corrected chi connectivity index (χ1v) is 8.12. The molecule has 1 atom stereocenters. The van der Waals surface area contributed by atoms with Gasteiger partial charge in [-0.15, -0.1) is 9.24 Å². The molecular weight excluding hydrogens is 345 g/mol. The van der Waals surface area contributed by atoms with Gasteiger partial charge in [0.15, 0.2) is 5.78 Å². The Balaban J connectivity index is 2.49. The summed E-state index contributed by atoms with van der Waals surface area (Å²) in [6.07, 6.45) is 4.83. The summed E-state index contributed by atoms with van der Waals surface area (Å²) in [4.78, 5) is 12.8. The van der Waals surface area contributed by atoms with Crippen LogP contribution >= 0.6 is 55.6 Å². The summed E-state index contributed by atoms with van der Waals surface area (Å²) in [6.45, 7) is 0. The molecule has 1 saturated carbocycles. The molecule has 0 radical (unpaired) electrons. The predicted octanol–water partition coefficient (Wildman–Crippen LogP) is 6.06. The van der Waals surface area contributed by atoms with Crippen LogP contribution in [0.5, 0.6) is 0 Å². The van der Waals surface area contributed by atoms with Crippen molar-refractivity contribution in [2.75, 3.05) is 0 Å². The molecule has 1 nitrogen and oxygen atoms in total. The van der Waals surface area contributed by atoms with Crippen molar-refractivity contribution in [2.24, 2.45) is 0 Å². The van der Waals surface area contributed by atoms with Gasteiger partial charge in [-0.05, 0) is 18.9 Å². The molecule has 2 rings (SSSR count). The molecule has 19 heavy (non-hydrogen) atoms. The van der Waals surface area contributed by atoms with Gasteiger partial charge in [-0.1, -0.05) is 65.7 Å². The summed E-state index contributed by atoms with van der Waals surface area (Å²) in [5.74, 6) is -0.0865. The quantitative estimate of drug-likeness (QED) is 0.357. The van der Waals surface area contributed by atoms with Gasteiger partial charge in [0.2, 0.25) is 0 Å². The lowest BCUT2D eigenvalue weighted by atomic mass is 9.82. The van der Waals surface area contributed by atoms with E-state index in [9.17, 15) is 4.79 Å². The topological polar surface area (TPSA) is 17.1 Å². The molecule has 0 aromatic heterocycles. The Morgan fingerprint density at radius 2 is 1.47 bits per heavy atom. The zero-order chi connectivity index (χ0) is 14.2. The summed E-state index contributed by atoms with van der Waals surface area (Å²) >= 11 is 24.3. The number of halogens is 4. The molecule has 0 saturated heterocycles. The van der Waals surface area contributed by atoms with Crippen LogP contribution in [0.15, 0.2) is 6.07 Å². The second kappa shape index (κ2) is 6.08. The van der Waals surface area contributed by atoms with Crippen molar-refractivity contribution in [2.45, 2.75) is 37.3 Å². The third kappa shape index (κ3) is 3.06. The van der Waals surface area contributed by atoms with Crippen molar-refractivity contribution < 1.29 is 4.79 Å². The van der Waals surface area contributed by atoms with E-state index in [0.717, 1.165) is 32.1 Å². The Labute approximate surface area is 135 Å². The molecule has 1 aliphatic rings. The number of Topliss-reactive ketones (excluding diaryl/α,β-unsaturated/α-hetero) is 1. The van der Waals surface area contributed by atoms with Crippen molar-refractivity contribution in [1.29, 1.82) is 0 Å². The van der Waals surface area contributed by atoms with E-state index < -0.39 is 5.16 Å². The normalized spacial score (nSPS) is 18.4. The van der Waals surface area contributed by atoms with Gasteiger partial charge in [-0.3, -0.25) is 4.79 Å². The fourth-order valence-electron chi connectivity index (χ4n) is 2.43. The van der Waals surface area contributed by atoms with Crippen LogP contribution in [0.2, 0.25) is 20.1 Å². The lowest BCUT2D eigenvalue weighted by Gasteiger charge is -2.32. The average Bonchev–Trinajstić information content (AvgIpc) is 2.37. The maximum absolute atomic E-state index is 12.8. The molecule has 0 aliphatic heterocycles. The Morgan fingerprint density at radius 3 is 1.95 bits per heavy atom. The fraction of sp³-hybridized carbons (Fsp3) is 0.462. The highest BCUT2D eigenvalue weighted by atomic mass is 35.5. The summed E-state index contributed by atoms with van der Waals surface area (Å²) in [5.41, 5.74) is 0.248. The van der Waals surface area contributed by atoms with Crippen LogP contribution in [-0.4, -0.2) is 10.9 Å². The van der Waals surface area contributed by atoms with Crippen LogP contribution in [0.25, 0.3) is 0 Å². The molecule has 0 heterocycles. The lowest BCUT2D eigenvalue weighted by molar-refractivity contribution is 0.0918. The minimum atomic E-state index is -0.500. The Morgan fingerprint density at radius 1 is 1.00 bits per heavy atom. The van der Waals surface area contributed by atoms with Gasteiger partial charge in [0, 0.05) is 5.16 Å². The van der Waals surface area contributed by atoms with Crippen LogP contribution in [-0.2, 0) is 0 Å². The minimum Gasteiger partial charge on any atom is -0.293 e. The molecule has 1 unspecified atom stereocenters. The van der Waals surface area contributed by atoms with E-state index in [1.165, 1.54) is 6.07 Å². The molecule has 0 bridgehead atoms. The predicted molar refractivity (Wildman–Crippen MR) is 86.3 cm³/mol. The highest BCUT2D eigenvalue weighted by molar-refractivity contribution is 7.21. The summed E-state index contributed by atoms with van der Waals surface area (Å²) < 4.78 is 0. The SMILES string of the molecule is O=C(c1c(Cl)c(Cl)cc(Cl)c1Cl)C1(P)CCCCC1. The van der Waals surface area contributed by atoms with Gasteiger partial charge in [0.25, 0.3) is 0 Å². The molecule has 104 valence electrons. The van der Waals surface area contributed by atoms with Crippen molar-refractivity contribution in [3.8, 4) is 0 Å². The fourth-order valence-corrected chi connectivity index (χ4v) is 3.96. The smallest absolute Gasteiger partial charge is 0.175 e. The van der Waals surface area contributed by atoms with Gasteiger partial charge in [0.1, 0.15) is 0 Å². The maximum Gasteiger partial charge on any atom is 0.175 e. The highest BCUT2D eigenvalue weighted by Gasteiger charge is 2.38. The van der Waals surface area contributed by atoms with E-state index in [4.69, 9.17) is 46.4 Å². The molecule has 1 aromatic carbocycles. The zero-order valence-electron chi connectivity index (χ0n) is 10.1. The molecule has 0 N–H and O–H groups in total. The largest absolute Gasteiger partial charge is 0.293 e. The second-order valence-electron chi connectivity index (χ2n) is 4.89. The summed E-state index contributed by atoms with van der Waals surface area (Å²) in [7, 11) is 2.68. The zero-order valence-corrected chi connectivity index (χ0v) is 14.3. The number of rotatable bonds is 2. The molecule has 6 heteroatoms. The van der Waals surface area contributed by atoms with E-state index in [1.54, 1.807) is 0 Å². The van der Waals surface area contributed by atoms with E-state index in [0.29, 0.717) is 0 Å². The standard InChI is InChI=1S/C13H13Cl4OP/c14-7-6-8(15)11(17)9(10(7)16)12(18)13(19)4-2-1-3-5-13/h6H,1-5,19H2. The second-order valence-corrected chi connectivity index (χ2v) is 7.56. The number of carbonyl (C=O) groups is 1. The van der Waals surface area contributed by atoms with Gasteiger partial charge in [0.05, 0.1) is 25.7 Å². The molecular formula is C13H13Cl4OP. The number of benzene rings is 1. The maximum atomic E-state index is 12.8. The summed E-state index contributed by atoms with van der Waals surface area (Å²) in [5, 5.41) is 0.383. The number of hydrogen-bond acceptors (Lipinski definition) is 1. The van der Waals surface area contributed by atoms with Gasteiger partial charge < -0.3 is 0 Å². The molecule has 1 fully saturated rings. The third-order valence-corrected chi connectivity index (χ3v) is 5.95. The first-order valence-electron chi connectivity index (χ1n) is 6.03. The Bertz CT molecular complexity index is 498. The highest BCUT2D eigenvalue weighted by Crippen LogP contribution is 2.44. The van der Waals surface area contributed by atoms with Crippen molar-refractivity contribution in [1.82, 2.24) is 0 Å². The van der Waals surface area contributed by atoms with Crippen LogP contribution in [0.3, 0.4) is 0 Å². The third-order valence-electron chi connectivity index (χ3n) is 3.54. The minimum absolute atomic E-state index is 0.0865. The van der Waals surface area contributed by atoms with Gasteiger partial charge >= 0.3 is 0 Å². The number of ketones is 1. The van der Waals surface area contributed by atoms with E-state index in [2.05, 4.69) is 9.24 Å². The summed E-state index contributed by atoms with van der Waals surface area (Å²) in [6, 6.07) is 1.46. The Kier molecular flexibility index (Phi) is 5.07. The van der Waals surface area contributed by atoms with Gasteiger partial charge in [-0.2, -0.15) is 0 Å². The van der Waals surface area contributed by atoms with Crippen LogP contribution < -0.4 is 0 Å².